The fourth-order valence-electron chi connectivity index (χ4n) is 1.45. The van der Waals surface area contributed by atoms with Crippen LogP contribution in [0, 0.1) is 0 Å². The maximum atomic E-state index is 11.4. The Hall–Kier alpha value is -1.78. The van der Waals surface area contributed by atoms with E-state index < -0.39 is 5.60 Å². The second kappa shape index (κ2) is 6.41. The van der Waals surface area contributed by atoms with Crippen LogP contribution >= 0.6 is 0 Å². The van der Waals surface area contributed by atoms with E-state index in [1.807, 2.05) is 38.6 Å². The highest BCUT2D eigenvalue weighted by atomic mass is 16.6. The molecule has 0 spiro atoms. The first-order chi connectivity index (χ1) is 8.78. The van der Waals surface area contributed by atoms with Gasteiger partial charge in [-0.15, -0.1) is 0 Å². The summed E-state index contributed by atoms with van der Waals surface area (Å²) in [6, 6.07) is 0. The lowest BCUT2D eigenvalue weighted by atomic mass is 10.2. The van der Waals surface area contributed by atoms with E-state index in [4.69, 9.17) is 4.74 Å². The standard InChI is InChI=1S/C14H23N3O2/c1-11(2)12-9-16-17(10-12)8-6-7-15-13(18)19-14(3,4)5/h9-10H,1,6-8H2,2-5H3,(H,15,18). The first kappa shape index (κ1) is 15.3. The van der Waals surface area contributed by atoms with Crippen LogP contribution in [0.1, 0.15) is 39.7 Å². The van der Waals surface area contributed by atoms with Crippen molar-refractivity contribution in [3.63, 3.8) is 0 Å². The molecule has 1 amide bonds. The van der Waals surface area contributed by atoms with Gasteiger partial charge in [0.25, 0.3) is 0 Å². The lowest BCUT2D eigenvalue weighted by molar-refractivity contribution is 0.0526. The summed E-state index contributed by atoms with van der Waals surface area (Å²) >= 11 is 0. The van der Waals surface area contributed by atoms with Gasteiger partial charge in [-0.05, 0) is 39.7 Å². The topological polar surface area (TPSA) is 56.2 Å². The molecule has 106 valence electrons. The second-order valence-corrected chi connectivity index (χ2v) is 5.55. The average Bonchev–Trinajstić information content (AvgIpc) is 2.70. The van der Waals surface area contributed by atoms with E-state index in [0.29, 0.717) is 6.54 Å². The van der Waals surface area contributed by atoms with Crippen LogP contribution < -0.4 is 5.32 Å². The van der Waals surface area contributed by atoms with E-state index in [0.717, 1.165) is 24.1 Å². The SMILES string of the molecule is C=C(C)c1cnn(CCCNC(=O)OC(C)(C)C)c1. The zero-order chi connectivity index (χ0) is 14.5. The number of alkyl carbamates (subject to hydrolysis) is 1. The van der Waals surface area contributed by atoms with E-state index in [9.17, 15) is 4.79 Å². The maximum Gasteiger partial charge on any atom is 0.407 e. The minimum atomic E-state index is -0.456. The normalized spacial score (nSPS) is 11.2. The van der Waals surface area contributed by atoms with Crippen LogP contribution in [-0.4, -0.2) is 28.0 Å². The third kappa shape index (κ3) is 6.08. The first-order valence-electron chi connectivity index (χ1n) is 6.43. The van der Waals surface area contributed by atoms with E-state index >= 15 is 0 Å². The van der Waals surface area contributed by atoms with Crippen molar-refractivity contribution in [1.29, 1.82) is 0 Å². The van der Waals surface area contributed by atoms with Crippen molar-refractivity contribution in [2.45, 2.75) is 46.3 Å². The summed E-state index contributed by atoms with van der Waals surface area (Å²) in [5, 5.41) is 6.94. The maximum absolute atomic E-state index is 11.4. The fourth-order valence-corrected chi connectivity index (χ4v) is 1.45. The molecule has 0 fully saturated rings. The predicted octanol–water partition coefficient (Wildman–Crippen LogP) is 2.83. The minimum absolute atomic E-state index is 0.379. The van der Waals surface area contributed by atoms with Gasteiger partial charge in [0.1, 0.15) is 5.60 Å². The number of hydrogen-bond acceptors (Lipinski definition) is 3. The number of nitrogens with one attached hydrogen (secondary N) is 1. The van der Waals surface area contributed by atoms with Gasteiger partial charge < -0.3 is 10.1 Å². The summed E-state index contributed by atoms with van der Waals surface area (Å²) in [6.45, 7) is 12.7. The van der Waals surface area contributed by atoms with Gasteiger partial charge in [0, 0.05) is 24.8 Å². The van der Waals surface area contributed by atoms with Gasteiger partial charge >= 0.3 is 6.09 Å². The first-order valence-corrected chi connectivity index (χ1v) is 6.43. The smallest absolute Gasteiger partial charge is 0.407 e. The molecule has 0 saturated carbocycles. The van der Waals surface area contributed by atoms with Crippen molar-refractivity contribution in [1.82, 2.24) is 15.1 Å². The van der Waals surface area contributed by atoms with Gasteiger partial charge in [0.15, 0.2) is 0 Å². The highest BCUT2D eigenvalue weighted by Crippen LogP contribution is 2.09. The van der Waals surface area contributed by atoms with E-state index in [1.54, 1.807) is 6.20 Å². The molecular formula is C14H23N3O2. The number of carbonyl (C=O) groups excluding carboxylic acids is 1. The highest BCUT2D eigenvalue weighted by molar-refractivity contribution is 5.67. The van der Waals surface area contributed by atoms with Gasteiger partial charge in [0.2, 0.25) is 0 Å². The molecule has 0 atom stereocenters. The van der Waals surface area contributed by atoms with Crippen LogP contribution in [0.4, 0.5) is 4.79 Å². The average molecular weight is 265 g/mol. The van der Waals surface area contributed by atoms with E-state index in [-0.39, 0.29) is 6.09 Å². The summed E-state index contributed by atoms with van der Waals surface area (Å²) in [4.78, 5) is 11.4. The number of carbonyl (C=O) groups is 1. The molecule has 5 heteroatoms. The monoisotopic (exact) mass is 265 g/mol. The van der Waals surface area contributed by atoms with Gasteiger partial charge in [0.05, 0.1) is 6.20 Å². The van der Waals surface area contributed by atoms with Gasteiger partial charge in [-0.1, -0.05) is 6.58 Å². The molecule has 0 radical (unpaired) electrons. The zero-order valence-corrected chi connectivity index (χ0v) is 12.2. The number of hydrogen-bond donors (Lipinski definition) is 1. The third-order valence-corrected chi connectivity index (χ3v) is 2.36. The van der Waals surface area contributed by atoms with Crippen LogP contribution in [-0.2, 0) is 11.3 Å². The Kier molecular flexibility index (Phi) is 5.15. The number of ether oxygens (including phenoxy) is 1. The van der Waals surface area contributed by atoms with Crippen molar-refractivity contribution >= 4 is 11.7 Å². The summed E-state index contributed by atoms with van der Waals surface area (Å²) in [7, 11) is 0. The summed E-state index contributed by atoms with van der Waals surface area (Å²) in [5.74, 6) is 0. The molecule has 0 bridgehead atoms. The Balaban J connectivity index is 2.23. The molecule has 5 nitrogen and oxygen atoms in total. The fraction of sp³-hybridized carbons (Fsp3) is 0.571. The number of amides is 1. The van der Waals surface area contributed by atoms with Gasteiger partial charge in [-0.3, -0.25) is 4.68 Å². The molecule has 0 unspecified atom stereocenters. The van der Waals surface area contributed by atoms with Crippen LogP contribution in [0.5, 0.6) is 0 Å². The van der Waals surface area contributed by atoms with Crippen LogP contribution in [0.25, 0.3) is 5.57 Å². The Morgan fingerprint density at radius 3 is 2.74 bits per heavy atom. The largest absolute Gasteiger partial charge is 0.444 e. The van der Waals surface area contributed by atoms with Crippen molar-refractivity contribution in [2.24, 2.45) is 0 Å². The van der Waals surface area contributed by atoms with E-state index in [2.05, 4.69) is 17.0 Å². The minimum Gasteiger partial charge on any atom is -0.444 e. The lowest BCUT2D eigenvalue weighted by Gasteiger charge is -2.19. The Morgan fingerprint density at radius 2 is 2.21 bits per heavy atom. The Morgan fingerprint density at radius 1 is 1.53 bits per heavy atom. The molecule has 1 aromatic heterocycles. The number of rotatable bonds is 5. The molecule has 0 aliphatic rings. The molecule has 1 heterocycles. The van der Waals surface area contributed by atoms with Crippen LogP contribution in [0.2, 0.25) is 0 Å². The Labute approximate surface area is 114 Å². The molecule has 19 heavy (non-hydrogen) atoms. The molecule has 0 saturated heterocycles. The van der Waals surface area contributed by atoms with Crippen molar-refractivity contribution < 1.29 is 9.53 Å². The zero-order valence-electron chi connectivity index (χ0n) is 12.2. The lowest BCUT2D eigenvalue weighted by Crippen LogP contribution is -2.33. The summed E-state index contributed by atoms with van der Waals surface area (Å²) in [5.41, 5.74) is 1.58. The van der Waals surface area contributed by atoms with Crippen molar-refractivity contribution in [3.8, 4) is 0 Å². The molecule has 1 N–H and O–H groups in total. The number of aromatic nitrogens is 2. The molecule has 0 aliphatic heterocycles. The van der Waals surface area contributed by atoms with Crippen molar-refractivity contribution in [3.05, 3.63) is 24.5 Å². The number of allylic oxidation sites excluding steroid dienone is 1. The molecule has 1 aromatic rings. The molecular weight excluding hydrogens is 242 g/mol. The third-order valence-electron chi connectivity index (χ3n) is 2.36. The van der Waals surface area contributed by atoms with Crippen LogP contribution in [0.15, 0.2) is 19.0 Å². The van der Waals surface area contributed by atoms with Gasteiger partial charge in [-0.2, -0.15) is 5.10 Å². The van der Waals surface area contributed by atoms with E-state index in [1.165, 1.54) is 0 Å². The molecule has 0 aliphatic carbocycles. The Bertz CT molecular complexity index is 444. The van der Waals surface area contributed by atoms with Crippen LogP contribution in [0.3, 0.4) is 0 Å². The number of aryl methyl sites for hydroxylation is 1. The summed E-state index contributed by atoms with van der Waals surface area (Å²) in [6.07, 6.45) is 4.17. The molecule has 1 rings (SSSR count). The summed E-state index contributed by atoms with van der Waals surface area (Å²) < 4.78 is 6.99. The predicted molar refractivity (Wildman–Crippen MR) is 75.8 cm³/mol. The molecule has 0 aromatic carbocycles. The number of nitrogens with zero attached hydrogens (tertiary/aromatic N) is 2. The second-order valence-electron chi connectivity index (χ2n) is 5.55. The van der Waals surface area contributed by atoms with Crippen molar-refractivity contribution in [2.75, 3.05) is 6.54 Å². The highest BCUT2D eigenvalue weighted by Gasteiger charge is 2.15. The van der Waals surface area contributed by atoms with Gasteiger partial charge in [-0.25, -0.2) is 4.79 Å². The quantitative estimate of drug-likeness (QED) is 0.833.